The number of carbonyl (C=O) groups is 2. The molecule has 2 aromatic carbocycles. The molecule has 2 aromatic heterocycles. The number of rotatable bonds is 10. The summed E-state index contributed by atoms with van der Waals surface area (Å²) < 4.78 is 7.29. The molecule has 2 amide bonds. The van der Waals surface area contributed by atoms with Gasteiger partial charge >= 0.3 is 0 Å². The number of nitrogens with one attached hydrogen (secondary N) is 1. The quantitative estimate of drug-likeness (QED) is 0.360. The summed E-state index contributed by atoms with van der Waals surface area (Å²) >= 11 is 0. The topological polar surface area (TPSA) is 102 Å². The van der Waals surface area contributed by atoms with Gasteiger partial charge in [0.15, 0.2) is 11.5 Å². The summed E-state index contributed by atoms with van der Waals surface area (Å²) in [7, 11) is 0. The Kier molecular flexibility index (Phi) is 7.11. The maximum atomic E-state index is 12.9. The molecule has 0 radical (unpaired) electrons. The van der Waals surface area contributed by atoms with E-state index in [1.807, 2.05) is 73.3 Å². The molecule has 9 nitrogen and oxygen atoms in total. The predicted molar refractivity (Wildman–Crippen MR) is 138 cm³/mol. The van der Waals surface area contributed by atoms with E-state index in [1.165, 1.54) is 0 Å². The van der Waals surface area contributed by atoms with Gasteiger partial charge in [0.2, 0.25) is 11.8 Å². The van der Waals surface area contributed by atoms with Gasteiger partial charge in [0.05, 0.1) is 6.10 Å². The van der Waals surface area contributed by atoms with Crippen molar-refractivity contribution in [3.8, 4) is 5.88 Å². The summed E-state index contributed by atoms with van der Waals surface area (Å²) in [5.41, 5.74) is 3.48. The molecule has 1 N–H and O–H groups in total. The summed E-state index contributed by atoms with van der Waals surface area (Å²) in [6.07, 6.45) is 0.632. The van der Waals surface area contributed by atoms with E-state index in [2.05, 4.69) is 20.6 Å². The number of benzene rings is 2. The molecule has 5 rings (SSSR count). The third kappa shape index (κ3) is 5.61. The highest BCUT2D eigenvalue weighted by Crippen LogP contribution is 2.26. The minimum Gasteiger partial charge on any atom is -0.474 e. The predicted octanol–water partition coefficient (Wildman–Crippen LogP) is 3.40. The Hall–Kier alpha value is -4.27. The zero-order valence-corrected chi connectivity index (χ0v) is 21.0. The van der Waals surface area contributed by atoms with Gasteiger partial charge in [0, 0.05) is 50.0 Å². The zero-order chi connectivity index (χ0) is 25.8. The molecule has 3 heterocycles. The van der Waals surface area contributed by atoms with Crippen LogP contribution in [0.2, 0.25) is 0 Å². The Morgan fingerprint density at radius 2 is 1.81 bits per heavy atom. The number of ether oxygens (including phenoxy) is 1. The van der Waals surface area contributed by atoms with E-state index in [-0.39, 0.29) is 30.3 Å². The highest BCUT2D eigenvalue weighted by atomic mass is 16.5. The molecule has 0 unspecified atom stereocenters. The fourth-order valence-electron chi connectivity index (χ4n) is 4.57. The molecular weight excluding hydrogens is 468 g/mol. The first-order valence-corrected chi connectivity index (χ1v) is 12.5. The van der Waals surface area contributed by atoms with E-state index in [9.17, 15) is 9.59 Å². The van der Waals surface area contributed by atoms with Gasteiger partial charge < -0.3 is 15.0 Å². The lowest BCUT2D eigenvalue weighted by Crippen LogP contribution is -2.36. The molecule has 0 aliphatic carbocycles. The van der Waals surface area contributed by atoms with E-state index in [4.69, 9.17) is 4.74 Å². The number of fused-ring (bicyclic) bond motifs is 2. The summed E-state index contributed by atoms with van der Waals surface area (Å²) in [5, 5.41) is 15.8. The van der Waals surface area contributed by atoms with Crippen LogP contribution in [0.15, 0.2) is 66.7 Å². The fraction of sp³-hybridized carbons (Fsp3) is 0.321. The molecular formula is C28H30N6O3. The van der Waals surface area contributed by atoms with Crippen molar-refractivity contribution in [3.63, 3.8) is 0 Å². The Morgan fingerprint density at radius 3 is 2.59 bits per heavy atom. The number of carbonyl (C=O) groups excluding carboxylic acids is 2. The van der Waals surface area contributed by atoms with Gasteiger partial charge in [-0.1, -0.05) is 48.5 Å². The molecule has 0 bridgehead atoms. The van der Waals surface area contributed by atoms with Crippen molar-refractivity contribution in [3.05, 3.63) is 89.2 Å². The third-order valence-electron chi connectivity index (χ3n) is 6.39. The van der Waals surface area contributed by atoms with E-state index in [0.29, 0.717) is 43.4 Å². The minimum absolute atomic E-state index is 0.00163. The van der Waals surface area contributed by atoms with Crippen LogP contribution >= 0.6 is 0 Å². The molecule has 9 heteroatoms. The van der Waals surface area contributed by atoms with Crippen LogP contribution in [0, 0.1) is 0 Å². The van der Waals surface area contributed by atoms with Crippen LogP contribution < -0.4 is 10.1 Å². The Labute approximate surface area is 215 Å². The molecule has 4 aromatic rings. The van der Waals surface area contributed by atoms with Crippen LogP contribution in [0.25, 0.3) is 5.65 Å². The first kappa shape index (κ1) is 24.4. The van der Waals surface area contributed by atoms with E-state index in [0.717, 1.165) is 16.7 Å². The fourth-order valence-corrected chi connectivity index (χ4v) is 4.57. The van der Waals surface area contributed by atoms with Crippen LogP contribution in [-0.2, 0) is 17.8 Å². The van der Waals surface area contributed by atoms with Crippen molar-refractivity contribution in [1.29, 1.82) is 0 Å². The molecule has 0 fully saturated rings. The SMILES string of the molecule is CC(C)Oc1ccc2nnc(CCC(=O)NC[C@@H](CN3Cc4ccccc4C3=O)c3ccccc3)n2n1. The first-order valence-electron chi connectivity index (χ1n) is 12.5. The Morgan fingerprint density at radius 1 is 1.03 bits per heavy atom. The van der Waals surface area contributed by atoms with E-state index in [1.54, 1.807) is 16.6 Å². The minimum atomic E-state index is -0.0942. The maximum absolute atomic E-state index is 12.9. The summed E-state index contributed by atoms with van der Waals surface area (Å²) in [6.45, 7) is 5.40. The summed E-state index contributed by atoms with van der Waals surface area (Å²) in [6, 6.07) is 21.3. The lowest BCUT2D eigenvalue weighted by molar-refractivity contribution is -0.121. The van der Waals surface area contributed by atoms with Crippen molar-refractivity contribution in [2.75, 3.05) is 13.1 Å². The van der Waals surface area contributed by atoms with Gasteiger partial charge in [-0.05, 0) is 37.1 Å². The monoisotopic (exact) mass is 498 g/mol. The Bertz CT molecular complexity index is 1400. The normalized spacial score (nSPS) is 13.7. The zero-order valence-electron chi connectivity index (χ0n) is 21.0. The lowest BCUT2D eigenvalue weighted by atomic mass is 9.98. The van der Waals surface area contributed by atoms with Gasteiger partial charge in [0.25, 0.3) is 5.91 Å². The second-order valence-corrected chi connectivity index (χ2v) is 9.48. The third-order valence-corrected chi connectivity index (χ3v) is 6.39. The van der Waals surface area contributed by atoms with Gasteiger partial charge in [-0.25, -0.2) is 0 Å². The van der Waals surface area contributed by atoms with E-state index >= 15 is 0 Å². The number of amides is 2. The second-order valence-electron chi connectivity index (χ2n) is 9.48. The van der Waals surface area contributed by atoms with E-state index < -0.39 is 0 Å². The maximum Gasteiger partial charge on any atom is 0.254 e. The van der Waals surface area contributed by atoms with Gasteiger partial charge in [0.1, 0.15) is 0 Å². The molecule has 1 aliphatic rings. The van der Waals surface area contributed by atoms with Crippen LogP contribution in [0.4, 0.5) is 0 Å². The van der Waals surface area contributed by atoms with Crippen LogP contribution in [-0.4, -0.2) is 55.7 Å². The smallest absolute Gasteiger partial charge is 0.254 e. The number of hydrogen-bond donors (Lipinski definition) is 1. The van der Waals surface area contributed by atoms with Crippen molar-refractivity contribution in [2.24, 2.45) is 0 Å². The highest BCUT2D eigenvalue weighted by molar-refractivity contribution is 5.98. The molecule has 1 atom stereocenters. The number of aryl methyl sites for hydroxylation is 1. The lowest BCUT2D eigenvalue weighted by Gasteiger charge is -2.24. The molecule has 0 saturated carbocycles. The average molecular weight is 499 g/mol. The van der Waals surface area contributed by atoms with Crippen molar-refractivity contribution < 1.29 is 14.3 Å². The molecule has 0 spiro atoms. The molecule has 0 saturated heterocycles. The van der Waals surface area contributed by atoms with Crippen LogP contribution in [0.5, 0.6) is 5.88 Å². The Balaban J connectivity index is 1.22. The average Bonchev–Trinajstić information content (AvgIpc) is 3.45. The molecule has 37 heavy (non-hydrogen) atoms. The number of aromatic nitrogens is 4. The standard InChI is InChI=1S/C28H30N6O3/c1-19(2)37-27-15-13-25-31-30-24(34(25)32-27)12-14-26(35)29-16-22(20-8-4-3-5-9-20)18-33-17-21-10-6-7-11-23(21)28(33)36/h3-11,13,15,19,22H,12,14,16-18H2,1-2H3,(H,29,35)/t22-/m0/s1. The molecule has 190 valence electrons. The summed E-state index contributed by atoms with van der Waals surface area (Å²) in [4.78, 5) is 27.6. The first-order chi connectivity index (χ1) is 18.0. The number of nitrogens with zero attached hydrogens (tertiary/aromatic N) is 5. The second kappa shape index (κ2) is 10.8. The summed E-state index contributed by atoms with van der Waals surface area (Å²) in [5.74, 6) is 0.990. The largest absolute Gasteiger partial charge is 0.474 e. The van der Waals surface area contributed by atoms with Crippen LogP contribution in [0.3, 0.4) is 0 Å². The van der Waals surface area contributed by atoms with Crippen molar-refractivity contribution >= 4 is 17.5 Å². The van der Waals surface area contributed by atoms with Gasteiger partial charge in [-0.3, -0.25) is 9.59 Å². The van der Waals surface area contributed by atoms with Crippen LogP contribution in [0.1, 0.15) is 53.5 Å². The highest BCUT2D eigenvalue weighted by Gasteiger charge is 2.29. The van der Waals surface area contributed by atoms with Crippen molar-refractivity contribution in [2.45, 2.75) is 45.3 Å². The number of hydrogen-bond acceptors (Lipinski definition) is 6. The van der Waals surface area contributed by atoms with Gasteiger partial charge in [-0.2, -0.15) is 4.52 Å². The molecule has 1 aliphatic heterocycles. The van der Waals surface area contributed by atoms with Crippen molar-refractivity contribution in [1.82, 2.24) is 30.0 Å². The van der Waals surface area contributed by atoms with Gasteiger partial charge in [-0.15, -0.1) is 15.3 Å².